The van der Waals surface area contributed by atoms with Gasteiger partial charge in [-0.15, -0.1) is 0 Å². The predicted molar refractivity (Wildman–Crippen MR) is 151 cm³/mol. The molecule has 0 bridgehead atoms. The Labute approximate surface area is 240 Å². The lowest BCUT2D eigenvalue weighted by Gasteiger charge is -2.28. The van der Waals surface area contributed by atoms with E-state index in [9.17, 15) is 32.7 Å². The number of phenolic OH excluding ortho intramolecular Hbond substituents is 1. The third-order valence-electron chi connectivity index (χ3n) is 5.98. The number of methoxy groups -OCH3 is 1. The van der Waals surface area contributed by atoms with Crippen LogP contribution in [0, 0.1) is 5.92 Å². The van der Waals surface area contributed by atoms with Crippen LogP contribution in [0.25, 0.3) is 0 Å². The van der Waals surface area contributed by atoms with Crippen LogP contribution in [0.1, 0.15) is 46.6 Å². The summed E-state index contributed by atoms with van der Waals surface area (Å²) < 4.78 is 37.4. The number of aromatic hydroxyl groups is 1. The van der Waals surface area contributed by atoms with E-state index >= 15 is 0 Å². The fraction of sp³-hybridized carbons (Fsp3) is 0.448. The number of hydrogen-bond donors (Lipinski definition) is 3. The van der Waals surface area contributed by atoms with Crippen molar-refractivity contribution in [2.45, 2.75) is 75.3 Å². The monoisotopic (exact) mass is 590 g/mol. The number of Topliss-reactive ketones (excluding diaryl/α,β-unsaturated/α-hetero) is 1. The summed E-state index contributed by atoms with van der Waals surface area (Å²) in [6.45, 7) is 8.17. The molecule has 12 heteroatoms. The molecule has 224 valence electrons. The van der Waals surface area contributed by atoms with Crippen molar-refractivity contribution < 1.29 is 42.2 Å². The highest BCUT2D eigenvalue weighted by Gasteiger charge is 2.41. The van der Waals surface area contributed by atoms with Gasteiger partial charge in [0, 0.05) is 6.42 Å². The maximum atomic E-state index is 13.8. The first-order valence-corrected chi connectivity index (χ1v) is 14.6. The van der Waals surface area contributed by atoms with E-state index in [0.29, 0.717) is 5.56 Å². The second-order valence-corrected chi connectivity index (χ2v) is 13.0. The largest absolute Gasteiger partial charge is 0.508 e. The normalized spacial score (nSPS) is 13.9. The van der Waals surface area contributed by atoms with E-state index in [-0.39, 0.29) is 17.1 Å². The minimum absolute atomic E-state index is 0.0135. The zero-order valence-corrected chi connectivity index (χ0v) is 24.9. The van der Waals surface area contributed by atoms with E-state index in [1.807, 2.05) is 0 Å². The van der Waals surface area contributed by atoms with Crippen LogP contribution in [-0.2, 0) is 40.1 Å². The summed E-state index contributed by atoms with van der Waals surface area (Å²) in [7, 11) is -3.28. The molecule has 2 rings (SSSR count). The van der Waals surface area contributed by atoms with E-state index in [0.717, 1.165) is 7.11 Å². The molecule has 2 aromatic rings. The fourth-order valence-corrected chi connectivity index (χ4v) is 5.65. The number of rotatable bonds is 12. The molecule has 41 heavy (non-hydrogen) atoms. The molecule has 0 aliphatic heterocycles. The molecular formula is C29H38N2O9S. The number of ketones is 1. The van der Waals surface area contributed by atoms with Crippen molar-refractivity contribution in [1.82, 2.24) is 10.6 Å². The quantitative estimate of drug-likeness (QED) is 0.315. The van der Waals surface area contributed by atoms with Crippen molar-refractivity contribution in [1.29, 1.82) is 0 Å². The summed E-state index contributed by atoms with van der Waals surface area (Å²) in [6.07, 6.45) is -1.75. The lowest BCUT2D eigenvalue weighted by molar-refractivity contribution is -0.145. The second kappa shape index (κ2) is 14.1. The van der Waals surface area contributed by atoms with Gasteiger partial charge in [0.15, 0.2) is 15.6 Å². The van der Waals surface area contributed by atoms with Gasteiger partial charge in [-0.2, -0.15) is 0 Å². The third-order valence-corrected chi connectivity index (χ3v) is 8.05. The predicted octanol–water partition coefficient (Wildman–Crippen LogP) is 2.94. The van der Waals surface area contributed by atoms with E-state index in [4.69, 9.17) is 9.47 Å². The summed E-state index contributed by atoms with van der Waals surface area (Å²) in [5, 5.41) is 12.6. The zero-order chi connectivity index (χ0) is 31.0. The highest BCUT2D eigenvalue weighted by molar-refractivity contribution is 7.92. The summed E-state index contributed by atoms with van der Waals surface area (Å²) in [5.74, 6) is -3.12. The first-order chi connectivity index (χ1) is 19.0. The number of esters is 1. The van der Waals surface area contributed by atoms with Crippen molar-refractivity contribution in [2.24, 2.45) is 5.92 Å². The fourth-order valence-electron chi connectivity index (χ4n) is 3.96. The second-order valence-electron chi connectivity index (χ2n) is 10.8. The highest BCUT2D eigenvalue weighted by Crippen LogP contribution is 2.23. The zero-order valence-electron chi connectivity index (χ0n) is 24.0. The molecule has 0 saturated heterocycles. The van der Waals surface area contributed by atoms with Crippen molar-refractivity contribution in [2.75, 3.05) is 7.11 Å². The molecule has 2 aromatic carbocycles. The Morgan fingerprint density at radius 3 is 2.02 bits per heavy atom. The number of phenols is 1. The van der Waals surface area contributed by atoms with Gasteiger partial charge in [-0.3, -0.25) is 9.59 Å². The smallest absolute Gasteiger partial charge is 0.408 e. The third kappa shape index (κ3) is 9.89. The number of carbonyl (C=O) groups excluding carboxylic acids is 4. The van der Waals surface area contributed by atoms with Gasteiger partial charge in [0.05, 0.1) is 24.5 Å². The molecule has 3 atom stereocenters. The van der Waals surface area contributed by atoms with Gasteiger partial charge in [-0.05, 0) is 56.5 Å². The van der Waals surface area contributed by atoms with E-state index in [1.165, 1.54) is 36.4 Å². The van der Waals surface area contributed by atoms with Gasteiger partial charge in [-0.1, -0.05) is 44.2 Å². The van der Waals surface area contributed by atoms with Crippen LogP contribution < -0.4 is 10.6 Å². The van der Waals surface area contributed by atoms with Gasteiger partial charge in [0.1, 0.15) is 22.6 Å². The van der Waals surface area contributed by atoms with E-state index in [1.54, 1.807) is 52.8 Å². The van der Waals surface area contributed by atoms with Crippen molar-refractivity contribution in [3.8, 4) is 5.75 Å². The summed E-state index contributed by atoms with van der Waals surface area (Å²) in [5.41, 5.74) is -0.283. The molecule has 0 radical (unpaired) electrons. The molecular weight excluding hydrogens is 552 g/mol. The van der Waals surface area contributed by atoms with Gasteiger partial charge in [0.2, 0.25) is 5.91 Å². The topological polar surface area (TPSA) is 165 Å². The van der Waals surface area contributed by atoms with Gasteiger partial charge in [0.25, 0.3) is 0 Å². The van der Waals surface area contributed by atoms with Crippen LogP contribution in [0.15, 0.2) is 59.5 Å². The Hall–Kier alpha value is -3.93. The van der Waals surface area contributed by atoms with Gasteiger partial charge >= 0.3 is 12.1 Å². The molecule has 0 fully saturated rings. The number of ether oxygens (including phenoxy) is 2. The first-order valence-electron chi connectivity index (χ1n) is 13.0. The van der Waals surface area contributed by atoms with Crippen LogP contribution >= 0.6 is 0 Å². The molecule has 11 nitrogen and oxygen atoms in total. The van der Waals surface area contributed by atoms with Crippen LogP contribution in [0.5, 0.6) is 5.75 Å². The molecule has 2 unspecified atom stereocenters. The first kappa shape index (κ1) is 33.3. The molecule has 0 aromatic heterocycles. The Morgan fingerprint density at radius 2 is 1.51 bits per heavy atom. The number of amides is 2. The molecule has 0 spiro atoms. The highest BCUT2D eigenvalue weighted by atomic mass is 32.2. The number of alkyl carbamates (subject to hydrolysis) is 1. The Bertz CT molecular complexity index is 1320. The summed E-state index contributed by atoms with van der Waals surface area (Å²) in [4.78, 5) is 51.8. The Morgan fingerprint density at radius 1 is 0.927 bits per heavy atom. The molecule has 0 aliphatic carbocycles. The van der Waals surface area contributed by atoms with Crippen molar-refractivity contribution >= 4 is 33.6 Å². The van der Waals surface area contributed by atoms with Crippen LogP contribution in [0.4, 0.5) is 4.79 Å². The summed E-state index contributed by atoms with van der Waals surface area (Å²) in [6, 6.07) is 10.6. The average Bonchev–Trinajstić information content (AvgIpc) is 2.89. The van der Waals surface area contributed by atoms with E-state index in [2.05, 4.69) is 10.6 Å². The van der Waals surface area contributed by atoms with Crippen LogP contribution in [0.3, 0.4) is 0 Å². The molecule has 0 aliphatic rings. The average molecular weight is 591 g/mol. The number of hydrogen-bond acceptors (Lipinski definition) is 9. The van der Waals surface area contributed by atoms with Crippen LogP contribution in [0.2, 0.25) is 0 Å². The van der Waals surface area contributed by atoms with Gasteiger partial charge in [-0.25, -0.2) is 18.0 Å². The molecule has 0 saturated carbocycles. The standard InChI is InChI=1S/C29H38N2O9S/c1-18(2)25(31-28(36)40-29(3,4)5)26(34)23(41(37,38)21-10-8-7-9-11-21)17-24(33)30-22(27(35)39-6)16-19-12-14-20(32)15-13-19/h7-15,18,22-23,25,32H,16-17H2,1-6H3,(H,30,33)(H,31,36)/t22?,23?,25-/m0/s1. The maximum Gasteiger partial charge on any atom is 0.408 e. The lowest BCUT2D eigenvalue weighted by atomic mass is 9.96. The molecule has 0 heterocycles. The number of carbonyl (C=O) groups is 4. The van der Waals surface area contributed by atoms with Crippen molar-refractivity contribution in [3.05, 3.63) is 60.2 Å². The minimum atomic E-state index is -4.42. The van der Waals surface area contributed by atoms with Crippen molar-refractivity contribution in [3.63, 3.8) is 0 Å². The maximum absolute atomic E-state index is 13.8. The molecule has 3 N–H and O–H groups in total. The Kier molecular flexibility index (Phi) is 11.5. The van der Waals surface area contributed by atoms with Crippen LogP contribution in [-0.4, -0.2) is 67.3 Å². The SMILES string of the molecule is COC(=O)C(Cc1ccc(O)cc1)NC(=O)CC(C(=O)[C@@H](NC(=O)OC(C)(C)C)C(C)C)S(=O)(=O)c1ccccc1. The van der Waals surface area contributed by atoms with Gasteiger partial charge < -0.3 is 25.2 Å². The lowest BCUT2D eigenvalue weighted by Crippen LogP contribution is -2.53. The number of sulfone groups is 1. The Balaban J connectivity index is 2.41. The summed E-state index contributed by atoms with van der Waals surface area (Å²) >= 11 is 0. The van der Waals surface area contributed by atoms with E-state index < -0.39 is 68.9 Å². The number of nitrogens with one attached hydrogen (secondary N) is 2. The minimum Gasteiger partial charge on any atom is -0.508 e. The number of benzene rings is 2. The molecule has 2 amide bonds.